The Morgan fingerprint density at radius 3 is 2.95 bits per heavy atom. The van der Waals surface area contributed by atoms with E-state index in [1.165, 1.54) is 6.07 Å². The third kappa shape index (κ3) is 2.40. The predicted octanol–water partition coefficient (Wildman–Crippen LogP) is 3.04. The molecule has 0 spiro atoms. The average molecular weight is 283 g/mol. The molecule has 2 N–H and O–H groups in total. The molecule has 0 saturated carbocycles. The number of aromatic nitrogens is 3. The zero-order chi connectivity index (χ0) is 14.8. The normalized spacial score (nSPS) is 12.2. The van der Waals surface area contributed by atoms with Crippen LogP contribution in [-0.2, 0) is 0 Å². The van der Waals surface area contributed by atoms with Crippen molar-refractivity contribution in [3.8, 4) is 0 Å². The van der Waals surface area contributed by atoms with Crippen LogP contribution < -0.4 is 5.32 Å². The maximum Gasteiger partial charge on any atom is 0.295 e. The van der Waals surface area contributed by atoms with Crippen LogP contribution in [0.4, 0.5) is 11.4 Å². The highest BCUT2D eigenvalue weighted by atomic mass is 16.6. The van der Waals surface area contributed by atoms with Gasteiger partial charge >= 0.3 is 0 Å². The van der Waals surface area contributed by atoms with E-state index in [1.807, 2.05) is 19.2 Å². The number of hydrogen-bond donors (Lipinski definition) is 2. The van der Waals surface area contributed by atoms with Gasteiger partial charge in [0.2, 0.25) is 0 Å². The molecule has 1 aromatic carbocycles. The van der Waals surface area contributed by atoms with Gasteiger partial charge < -0.3 is 5.32 Å². The van der Waals surface area contributed by atoms with Crippen molar-refractivity contribution >= 4 is 22.3 Å². The maximum atomic E-state index is 11.1. The minimum atomic E-state index is -0.418. The van der Waals surface area contributed by atoms with E-state index in [9.17, 15) is 10.1 Å². The van der Waals surface area contributed by atoms with Crippen molar-refractivity contribution in [1.29, 1.82) is 0 Å². The molecule has 0 fully saturated rings. The van der Waals surface area contributed by atoms with Gasteiger partial charge in [-0.05, 0) is 25.1 Å². The number of fused-ring (bicyclic) bond motifs is 1. The van der Waals surface area contributed by atoms with Crippen LogP contribution in [0.3, 0.4) is 0 Å². The number of aromatic amines is 1. The zero-order valence-corrected chi connectivity index (χ0v) is 11.3. The van der Waals surface area contributed by atoms with Gasteiger partial charge in [0.25, 0.3) is 5.69 Å². The molecular weight excluding hydrogens is 270 g/mol. The van der Waals surface area contributed by atoms with Crippen LogP contribution in [-0.4, -0.2) is 20.1 Å². The van der Waals surface area contributed by atoms with Crippen LogP contribution in [0.25, 0.3) is 10.9 Å². The smallest absolute Gasteiger partial charge is 0.295 e. The molecule has 0 aliphatic heterocycles. The van der Waals surface area contributed by atoms with Gasteiger partial charge in [0.15, 0.2) is 0 Å². The minimum Gasteiger partial charge on any atom is -0.378 e. The van der Waals surface area contributed by atoms with Gasteiger partial charge in [-0.2, -0.15) is 5.10 Å². The fraction of sp³-hybridized carbons (Fsp3) is 0.143. The van der Waals surface area contributed by atoms with Crippen molar-refractivity contribution in [2.24, 2.45) is 0 Å². The Balaban J connectivity index is 2.04. The van der Waals surface area contributed by atoms with E-state index in [0.717, 1.165) is 16.6 Å². The third-order valence-electron chi connectivity index (χ3n) is 3.34. The number of benzene rings is 1. The second kappa shape index (κ2) is 5.20. The molecule has 0 radical (unpaired) electrons. The molecule has 3 rings (SSSR count). The Labute approximate surface area is 120 Å². The quantitative estimate of drug-likeness (QED) is 0.566. The minimum absolute atomic E-state index is 0.00659. The molecule has 0 aliphatic rings. The average Bonchev–Trinajstić information content (AvgIpc) is 3.01. The van der Waals surface area contributed by atoms with Gasteiger partial charge in [-0.25, -0.2) is 4.98 Å². The Hall–Kier alpha value is -2.96. The van der Waals surface area contributed by atoms with Gasteiger partial charge in [0, 0.05) is 35.1 Å². The molecule has 2 heterocycles. The summed E-state index contributed by atoms with van der Waals surface area (Å²) in [6.07, 6.45) is 5.10. The zero-order valence-electron chi connectivity index (χ0n) is 11.3. The summed E-state index contributed by atoms with van der Waals surface area (Å²) in [5, 5.41) is 21.8. The van der Waals surface area contributed by atoms with E-state index in [1.54, 1.807) is 24.5 Å². The number of rotatable bonds is 4. The fourth-order valence-corrected chi connectivity index (χ4v) is 2.25. The summed E-state index contributed by atoms with van der Waals surface area (Å²) in [7, 11) is 0. The monoisotopic (exact) mass is 283 g/mol. The molecule has 106 valence electrons. The fourth-order valence-electron chi connectivity index (χ4n) is 2.25. The predicted molar refractivity (Wildman–Crippen MR) is 79.0 cm³/mol. The third-order valence-corrected chi connectivity index (χ3v) is 3.34. The number of anilines is 1. The topological polar surface area (TPSA) is 96.7 Å². The van der Waals surface area contributed by atoms with Crippen molar-refractivity contribution < 1.29 is 4.92 Å². The highest BCUT2D eigenvalue weighted by Crippen LogP contribution is 2.31. The van der Waals surface area contributed by atoms with Gasteiger partial charge in [-0.1, -0.05) is 0 Å². The molecule has 0 bridgehead atoms. The molecule has 1 unspecified atom stereocenters. The first-order valence-electron chi connectivity index (χ1n) is 6.44. The van der Waals surface area contributed by atoms with E-state index in [-0.39, 0.29) is 11.7 Å². The molecule has 3 aromatic rings. The Kier molecular flexibility index (Phi) is 3.23. The Morgan fingerprint density at radius 1 is 1.38 bits per heavy atom. The van der Waals surface area contributed by atoms with Crippen LogP contribution in [0.1, 0.15) is 18.5 Å². The van der Waals surface area contributed by atoms with Crippen LogP contribution in [0.15, 0.2) is 42.9 Å². The van der Waals surface area contributed by atoms with Crippen molar-refractivity contribution in [2.75, 3.05) is 5.32 Å². The number of nitro groups is 1. The van der Waals surface area contributed by atoms with Gasteiger partial charge in [0.05, 0.1) is 17.2 Å². The lowest BCUT2D eigenvalue weighted by Crippen LogP contribution is -2.06. The lowest BCUT2D eigenvalue weighted by atomic mass is 10.1. The first-order chi connectivity index (χ1) is 10.2. The first-order valence-corrected chi connectivity index (χ1v) is 6.44. The van der Waals surface area contributed by atoms with Crippen LogP contribution in [0.5, 0.6) is 0 Å². The maximum absolute atomic E-state index is 11.1. The van der Waals surface area contributed by atoms with Gasteiger partial charge in [-0.15, -0.1) is 0 Å². The van der Waals surface area contributed by atoms with Crippen LogP contribution >= 0.6 is 0 Å². The number of hydrogen-bond acceptors (Lipinski definition) is 5. The molecule has 0 amide bonds. The van der Waals surface area contributed by atoms with E-state index >= 15 is 0 Å². The van der Waals surface area contributed by atoms with Crippen molar-refractivity contribution in [3.63, 3.8) is 0 Å². The highest BCUT2D eigenvalue weighted by molar-refractivity contribution is 5.97. The summed E-state index contributed by atoms with van der Waals surface area (Å²) < 4.78 is 0. The Bertz CT molecular complexity index is 785. The van der Waals surface area contributed by atoms with Gasteiger partial charge in [0.1, 0.15) is 5.52 Å². The van der Waals surface area contributed by atoms with Crippen molar-refractivity contribution in [1.82, 2.24) is 15.2 Å². The molecule has 0 saturated heterocycles. The summed E-state index contributed by atoms with van der Waals surface area (Å²) in [6.45, 7) is 1.99. The second-order valence-corrected chi connectivity index (χ2v) is 4.69. The molecule has 1 atom stereocenters. The van der Waals surface area contributed by atoms with Crippen molar-refractivity contribution in [3.05, 3.63) is 58.5 Å². The summed E-state index contributed by atoms with van der Waals surface area (Å²) >= 11 is 0. The number of non-ortho nitro benzene ring substituents is 1. The van der Waals surface area contributed by atoms with Crippen LogP contribution in [0, 0.1) is 10.1 Å². The number of nitrogens with one attached hydrogen (secondary N) is 2. The second-order valence-electron chi connectivity index (χ2n) is 4.69. The molecule has 7 nitrogen and oxygen atoms in total. The van der Waals surface area contributed by atoms with Gasteiger partial charge in [-0.3, -0.25) is 15.2 Å². The number of pyridine rings is 1. The lowest BCUT2D eigenvalue weighted by Gasteiger charge is -2.15. The molecule has 7 heteroatoms. The lowest BCUT2D eigenvalue weighted by molar-refractivity contribution is -0.383. The van der Waals surface area contributed by atoms with E-state index < -0.39 is 4.92 Å². The molecule has 21 heavy (non-hydrogen) atoms. The molecule has 0 aliphatic carbocycles. The van der Waals surface area contributed by atoms with E-state index in [0.29, 0.717) is 5.52 Å². The number of H-pyrrole nitrogens is 1. The highest BCUT2D eigenvalue weighted by Gasteiger charge is 2.16. The summed E-state index contributed by atoms with van der Waals surface area (Å²) in [5.74, 6) is 0. The molecular formula is C14H13N5O2. The first kappa shape index (κ1) is 13.0. The van der Waals surface area contributed by atoms with E-state index in [2.05, 4.69) is 20.5 Å². The van der Waals surface area contributed by atoms with Crippen molar-refractivity contribution in [2.45, 2.75) is 13.0 Å². The largest absolute Gasteiger partial charge is 0.378 e. The SMILES string of the molecule is CC(Nc1ccc([N+](=O)[O-])c2ncccc12)c1cn[nH]c1. The van der Waals surface area contributed by atoms with Crippen LogP contribution in [0.2, 0.25) is 0 Å². The Morgan fingerprint density at radius 2 is 2.24 bits per heavy atom. The summed E-state index contributed by atoms with van der Waals surface area (Å²) in [4.78, 5) is 14.8. The molecule has 2 aromatic heterocycles. The summed E-state index contributed by atoms with van der Waals surface area (Å²) in [5.41, 5.74) is 2.20. The number of nitro benzene ring substituents is 1. The standard InChI is InChI=1S/C14H13N5O2/c1-9(10-7-16-17-8-10)18-12-4-5-13(19(20)21)14-11(12)3-2-6-15-14/h2-9,18H,1H3,(H,16,17). The number of nitrogens with zero attached hydrogens (tertiary/aromatic N) is 3. The van der Waals surface area contributed by atoms with E-state index in [4.69, 9.17) is 0 Å². The summed E-state index contributed by atoms with van der Waals surface area (Å²) in [6, 6.07) is 6.78.